The van der Waals surface area contributed by atoms with Crippen LogP contribution in [-0.4, -0.2) is 23.2 Å². The summed E-state index contributed by atoms with van der Waals surface area (Å²) >= 11 is 0. The van der Waals surface area contributed by atoms with Crippen molar-refractivity contribution in [2.45, 2.75) is 153 Å². The molecule has 2 aromatic carbocycles. The Labute approximate surface area is 260 Å². The van der Waals surface area contributed by atoms with E-state index >= 15 is 0 Å². The van der Waals surface area contributed by atoms with E-state index in [1.807, 2.05) is 0 Å². The third-order valence-corrected chi connectivity index (χ3v) is 11.9. The van der Waals surface area contributed by atoms with Crippen molar-refractivity contribution in [2.75, 3.05) is 0 Å². The van der Waals surface area contributed by atoms with Crippen LogP contribution in [0, 0.1) is 18.8 Å². The van der Waals surface area contributed by atoms with Gasteiger partial charge in [-0.05, 0) is 73.3 Å². The van der Waals surface area contributed by atoms with E-state index in [1.54, 1.807) is 17.7 Å². The molecule has 3 fully saturated rings. The van der Waals surface area contributed by atoms with Gasteiger partial charge in [0.15, 0.2) is 0 Å². The maximum atomic E-state index is 11.6. The number of carboxylic acids is 1. The molecule has 2 aliphatic carbocycles. The monoisotopic (exact) mass is 585 g/mol. The maximum Gasteiger partial charge on any atom is 0.335 e. The molecular formula is C39H55NO3. The van der Waals surface area contributed by atoms with E-state index < -0.39 is 5.97 Å². The molecule has 4 nitrogen and oxygen atoms in total. The molecule has 4 atom stereocenters. The molecule has 1 saturated heterocycles. The summed E-state index contributed by atoms with van der Waals surface area (Å²) < 4.78 is 7.43. The number of rotatable bonds is 5. The minimum absolute atomic E-state index is 0.0571. The van der Waals surface area contributed by atoms with E-state index in [0.29, 0.717) is 17.5 Å². The number of carbonyl (C=O) groups is 1. The second-order valence-corrected chi connectivity index (χ2v) is 14.4. The summed E-state index contributed by atoms with van der Waals surface area (Å²) in [5, 5.41) is 13.8. The number of benzene rings is 2. The fraction of sp³-hybridized carbons (Fsp3) is 0.667. The van der Waals surface area contributed by atoms with E-state index in [9.17, 15) is 9.90 Å². The molecule has 43 heavy (non-hydrogen) atoms. The second kappa shape index (κ2) is 13.8. The summed E-state index contributed by atoms with van der Waals surface area (Å²) in [7, 11) is 0. The van der Waals surface area contributed by atoms with Crippen LogP contribution in [0.2, 0.25) is 0 Å². The Hall–Kier alpha value is -2.33. The fourth-order valence-electron chi connectivity index (χ4n) is 9.63. The van der Waals surface area contributed by atoms with Crippen molar-refractivity contribution < 1.29 is 14.6 Å². The molecule has 0 aromatic heterocycles. The molecule has 0 bridgehead atoms. The molecule has 4 aliphatic rings. The third kappa shape index (κ3) is 6.28. The molecule has 2 N–H and O–H groups in total. The quantitative estimate of drug-likeness (QED) is 0.367. The zero-order chi connectivity index (χ0) is 29.8. The molecule has 2 aromatic rings. The van der Waals surface area contributed by atoms with Gasteiger partial charge in [-0.1, -0.05) is 121 Å². The van der Waals surface area contributed by atoms with Crippen molar-refractivity contribution in [3.05, 3.63) is 64.2 Å². The van der Waals surface area contributed by atoms with Crippen LogP contribution in [0.3, 0.4) is 0 Å². The first-order valence-corrected chi connectivity index (χ1v) is 17.9. The Morgan fingerprint density at radius 2 is 1.47 bits per heavy atom. The van der Waals surface area contributed by atoms with Gasteiger partial charge in [0.1, 0.15) is 11.9 Å². The lowest BCUT2D eigenvalue weighted by Gasteiger charge is -2.42. The molecule has 2 saturated carbocycles. The minimum atomic E-state index is -0.853. The standard InChI is InChI=1S/C39H55NO3/c1-3-28-19-18-27(2)34-36(28)43-37(39(34)24-14-10-5-4-6-11-15-25-39)35-32(29-16-12-8-7-9-13-17-29)26-33(40-35)30-20-22-31(23-21-30)38(41)42/h18-23,29,32-33,35,37,40H,3-17,24-26H2,1-2H3,(H,41,42). The fourth-order valence-corrected chi connectivity index (χ4v) is 9.63. The third-order valence-electron chi connectivity index (χ3n) is 11.9. The summed E-state index contributed by atoms with van der Waals surface area (Å²) in [6.45, 7) is 4.62. The first-order valence-electron chi connectivity index (χ1n) is 17.9. The van der Waals surface area contributed by atoms with E-state index in [0.717, 1.165) is 18.8 Å². The molecule has 4 unspecified atom stereocenters. The first kappa shape index (κ1) is 30.7. The van der Waals surface area contributed by atoms with E-state index in [2.05, 4.69) is 43.4 Å². The highest BCUT2D eigenvalue weighted by molar-refractivity contribution is 5.87. The molecule has 234 valence electrons. The predicted octanol–water partition coefficient (Wildman–Crippen LogP) is 9.86. The topological polar surface area (TPSA) is 58.6 Å². The van der Waals surface area contributed by atoms with E-state index in [-0.39, 0.29) is 17.6 Å². The lowest BCUT2D eigenvalue weighted by Crippen LogP contribution is -2.53. The number of aromatic carboxylic acids is 1. The highest BCUT2D eigenvalue weighted by Gasteiger charge is 2.56. The average Bonchev–Trinajstić information content (AvgIpc) is 3.57. The van der Waals surface area contributed by atoms with Gasteiger partial charge >= 0.3 is 5.97 Å². The highest BCUT2D eigenvalue weighted by atomic mass is 16.5. The summed E-state index contributed by atoms with van der Waals surface area (Å²) in [6, 6.07) is 12.9. The lowest BCUT2D eigenvalue weighted by atomic mass is 9.64. The van der Waals surface area contributed by atoms with Gasteiger partial charge < -0.3 is 15.2 Å². The largest absolute Gasteiger partial charge is 0.487 e. The van der Waals surface area contributed by atoms with Crippen LogP contribution in [0.4, 0.5) is 0 Å². The molecule has 6 rings (SSSR count). The van der Waals surface area contributed by atoms with Gasteiger partial charge in [0, 0.05) is 23.1 Å². The van der Waals surface area contributed by atoms with Crippen LogP contribution in [-0.2, 0) is 11.8 Å². The SMILES string of the molecule is CCc1ccc(C)c2c1OC(C1NC(c3ccc(C(=O)O)cc3)CC1C1CCCCCCC1)C21CCCCCCCCC1. The van der Waals surface area contributed by atoms with Gasteiger partial charge in [0.05, 0.1) is 5.56 Å². The molecule has 2 heterocycles. The Bertz CT molecular complexity index is 1220. The van der Waals surface area contributed by atoms with E-state index in [1.165, 1.54) is 125 Å². The van der Waals surface area contributed by atoms with Gasteiger partial charge in [-0.2, -0.15) is 0 Å². The van der Waals surface area contributed by atoms with E-state index in [4.69, 9.17) is 4.74 Å². The zero-order valence-electron chi connectivity index (χ0n) is 26.8. The normalized spacial score (nSPS) is 28.5. The molecule has 4 heteroatoms. The predicted molar refractivity (Wildman–Crippen MR) is 175 cm³/mol. The first-order chi connectivity index (χ1) is 21.0. The Morgan fingerprint density at radius 3 is 2.07 bits per heavy atom. The van der Waals surface area contributed by atoms with Crippen LogP contribution < -0.4 is 10.1 Å². The molecular weight excluding hydrogens is 530 g/mol. The van der Waals surface area contributed by atoms with Gasteiger partial charge in [-0.3, -0.25) is 0 Å². The van der Waals surface area contributed by atoms with Crippen LogP contribution in [0.1, 0.15) is 155 Å². The zero-order valence-corrected chi connectivity index (χ0v) is 26.8. The molecule has 2 aliphatic heterocycles. The minimum Gasteiger partial charge on any atom is -0.487 e. The number of carboxylic acid groups (broad SMARTS) is 1. The van der Waals surface area contributed by atoms with Crippen LogP contribution >= 0.6 is 0 Å². The second-order valence-electron chi connectivity index (χ2n) is 14.4. The van der Waals surface area contributed by atoms with Crippen molar-refractivity contribution in [3.63, 3.8) is 0 Å². The average molecular weight is 586 g/mol. The summed E-state index contributed by atoms with van der Waals surface area (Å²) in [5.41, 5.74) is 6.00. The molecule has 0 amide bonds. The van der Waals surface area contributed by atoms with Gasteiger partial charge in [0.2, 0.25) is 0 Å². The summed E-state index contributed by atoms with van der Waals surface area (Å²) in [4.78, 5) is 11.6. The van der Waals surface area contributed by atoms with Crippen molar-refractivity contribution >= 4 is 5.97 Å². The molecule has 0 radical (unpaired) electrons. The van der Waals surface area contributed by atoms with Crippen LogP contribution in [0.5, 0.6) is 5.75 Å². The van der Waals surface area contributed by atoms with Crippen LogP contribution in [0.25, 0.3) is 0 Å². The van der Waals surface area contributed by atoms with Crippen molar-refractivity contribution in [3.8, 4) is 5.75 Å². The number of aryl methyl sites for hydroxylation is 2. The van der Waals surface area contributed by atoms with Crippen molar-refractivity contribution in [1.82, 2.24) is 5.32 Å². The maximum absolute atomic E-state index is 11.6. The number of hydrogen-bond acceptors (Lipinski definition) is 3. The Kier molecular flexibility index (Phi) is 9.82. The number of nitrogens with one attached hydrogen (secondary N) is 1. The van der Waals surface area contributed by atoms with Crippen molar-refractivity contribution in [1.29, 1.82) is 0 Å². The van der Waals surface area contributed by atoms with Gasteiger partial charge in [0.25, 0.3) is 0 Å². The Balaban J connectivity index is 1.41. The van der Waals surface area contributed by atoms with Crippen molar-refractivity contribution in [2.24, 2.45) is 11.8 Å². The summed E-state index contributed by atoms with van der Waals surface area (Å²) in [6.07, 6.45) is 23.6. The smallest absolute Gasteiger partial charge is 0.335 e. The Morgan fingerprint density at radius 1 is 0.860 bits per heavy atom. The highest BCUT2D eigenvalue weighted by Crippen LogP contribution is 2.56. The molecule has 1 spiro atoms. The van der Waals surface area contributed by atoms with Gasteiger partial charge in [-0.15, -0.1) is 0 Å². The summed E-state index contributed by atoms with van der Waals surface area (Å²) in [5.74, 6) is 1.65. The number of hydrogen-bond donors (Lipinski definition) is 2. The van der Waals surface area contributed by atoms with Crippen LogP contribution in [0.15, 0.2) is 36.4 Å². The number of fused-ring (bicyclic) bond motifs is 2. The van der Waals surface area contributed by atoms with Gasteiger partial charge in [-0.25, -0.2) is 4.79 Å². The lowest BCUT2D eigenvalue weighted by molar-refractivity contribution is 0.0593. The number of ether oxygens (including phenoxy) is 1.